The van der Waals surface area contributed by atoms with Gasteiger partial charge in [-0.2, -0.15) is 0 Å². The molecule has 3 amide bonds. The van der Waals surface area contributed by atoms with Crippen molar-refractivity contribution in [1.29, 1.82) is 0 Å². The van der Waals surface area contributed by atoms with Gasteiger partial charge in [0.15, 0.2) is 16.7 Å². The first-order valence-electron chi connectivity index (χ1n) is 10.5. The molecule has 0 spiro atoms. The molecule has 0 fully saturated rings. The zero-order valence-corrected chi connectivity index (χ0v) is 20.1. The average Bonchev–Trinajstić information content (AvgIpc) is 3.36. The lowest BCUT2D eigenvalue weighted by atomic mass is 9.98. The first kappa shape index (κ1) is 23.1. The van der Waals surface area contributed by atoms with Crippen molar-refractivity contribution in [3.63, 3.8) is 0 Å². The van der Waals surface area contributed by atoms with Gasteiger partial charge in [-0.15, -0.1) is 11.3 Å². The van der Waals surface area contributed by atoms with Crippen LogP contribution in [-0.2, 0) is 11.2 Å². The molecular weight excluding hydrogens is 464 g/mol. The molecule has 1 unspecified atom stereocenters. The molecule has 2 aromatic heterocycles. The first-order valence-corrected chi connectivity index (χ1v) is 12.3. The number of imide groups is 1. The van der Waals surface area contributed by atoms with E-state index >= 15 is 0 Å². The molecular formula is C22H24N4O5S2. The van der Waals surface area contributed by atoms with E-state index in [1.54, 1.807) is 18.2 Å². The number of hydrogen-bond acceptors (Lipinski definition) is 8. The highest BCUT2D eigenvalue weighted by Crippen LogP contribution is 2.34. The first-order chi connectivity index (χ1) is 15.8. The van der Waals surface area contributed by atoms with Crippen LogP contribution in [0.2, 0.25) is 0 Å². The van der Waals surface area contributed by atoms with Crippen LogP contribution in [-0.4, -0.2) is 34.5 Å². The van der Waals surface area contributed by atoms with E-state index in [4.69, 9.17) is 9.47 Å². The fourth-order valence-electron chi connectivity index (χ4n) is 3.40. The molecule has 174 valence electrons. The summed E-state index contributed by atoms with van der Waals surface area (Å²) >= 11 is 2.55. The van der Waals surface area contributed by atoms with Crippen LogP contribution in [0.3, 0.4) is 0 Å². The van der Waals surface area contributed by atoms with Crippen molar-refractivity contribution >= 4 is 50.9 Å². The van der Waals surface area contributed by atoms with Crippen molar-refractivity contribution in [3.05, 3.63) is 39.0 Å². The fraction of sp³-hybridized carbons (Fsp3) is 0.364. The second-order valence-corrected chi connectivity index (χ2v) is 9.93. The van der Waals surface area contributed by atoms with Crippen molar-refractivity contribution < 1.29 is 19.1 Å². The van der Waals surface area contributed by atoms with Gasteiger partial charge in [-0.25, -0.2) is 9.78 Å². The molecule has 3 N–H and O–H groups in total. The summed E-state index contributed by atoms with van der Waals surface area (Å²) in [5, 5.41) is 5.81. The molecule has 0 radical (unpaired) electrons. The van der Waals surface area contributed by atoms with Gasteiger partial charge in [-0.1, -0.05) is 32.0 Å². The lowest BCUT2D eigenvalue weighted by Gasteiger charge is -2.08. The summed E-state index contributed by atoms with van der Waals surface area (Å²) in [4.78, 5) is 46.1. The molecule has 0 saturated carbocycles. The number of thiophene rings is 1. The second kappa shape index (κ2) is 9.84. The lowest BCUT2D eigenvalue weighted by Crippen LogP contribution is -2.35. The average molecular weight is 489 g/mol. The highest BCUT2D eigenvalue weighted by atomic mass is 32.2. The normalized spacial score (nSPS) is 13.2. The van der Waals surface area contributed by atoms with Crippen molar-refractivity contribution in [2.45, 2.75) is 38.8 Å². The smallest absolute Gasteiger partial charge is 0.325 e. The van der Waals surface area contributed by atoms with Gasteiger partial charge < -0.3 is 19.8 Å². The molecule has 3 aromatic rings. The third-order valence-corrected chi connectivity index (χ3v) is 7.23. The number of ether oxygens (including phenoxy) is 2. The number of carbonyl (C=O) groups excluding carboxylic acids is 2. The molecule has 0 saturated heterocycles. The molecule has 9 nitrogen and oxygen atoms in total. The lowest BCUT2D eigenvalue weighted by molar-refractivity contribution is -0.117. The Morgan fingerprint density at radius 3 is 2.88 bits per heavy atom. The molecule has 1 atom stereocenters. The molecule has 1 aromatic carbocycles. The maximum atomic E-state index is 12.7. The topological polar surface area (TPSA) is 122 Å². The third-order valence-electron chi connectivity index (χ3n) is 5.31. The molecule has 4 rings (SSSR count). The minimum absolute atomic E-state index is 0.0763. The van der Waals surface area contributed by atoms with Gasteiger partial charge in [0.05, 0.1) is 11.1 Å². The Morgan fingerprint density at radius 1 is 1.30 bits per heavy atom. The maximum Gasteiger partial charge on any atom is 0.325 e. The van der Waals surface area contributed by atoms with Crippen LogP contribution < -0.4 is 25.7 Å². The van der Waals surface area contributed by atoms with Gasteiger partial charge in [-0.05, 0) is 37.0 Å². The number of aromatic amines is 1. The SMILES string of the molecule is CCC(C)Cc1c(C)sc2nc(SCC(=O)NC(=O)Nc3ccc4c(c3)OCO4)[nH]c(=O)c12. The van der Waals surface area contributed by atoms with Crippen LogP contribution in [0.4, 0.5) is 10.5 Å². The van der Waals surface area contributed by atoms with Crippen LogP contribution in [0.1, 0.15) is 30.7 Å². The Balaban J connectivity index is 1.36. The predicted molar refractivity (Wildman–Crippen MR) is 129 cm³/mol. The minimum atomic E-state index is -0.667. The van der Waals surface area contributed by atoms with Gasteiger partial charge in [0.1, 0.15) is 4.83 Å². The van der Waals surface area contributed by atoms with E-state index in [1.807, 2.05) is 6.92 Å². The number of benzene rings is 1. The number of hydrogen-bond donors (Lipinski definition) is 3. The van der Waals surface area contributed by atoms with E-state index in [9.17, 15) is 14.4 Å². The second-order valence-electron chi connectivity index (χ2n) is 7.76. The van der Waals surface area contributed by atoms with Crippen molar-refractivity contribution in [1.82, 2.24) is 15.3 Å². The number of urea groups is 1. The van der Waals surface area contributed by atoms with Gasteiger partial charge in [0, 0.05) is 16.6 Å². The Hall–Kier alpha value is -3.05. The van der Waals surface area contributed by atoms with Crippen molar-refractivity contribution in [3.8, 4) is 11.5 Å². The molecule has 33 heavy (non-hydrogen) atoms. The quantitative estimate of drug-likeness (QED) is 0.339. The van der Waals surface area contributed by atoms with E-state index in [0.29, 0.717) is 38.5 Å². The number of nitrogens with zero attached hydrogens (tertiary/aromatic N) is 1. The minimum Gasteiger partial charge on any atom is -0.454 e. The molecule has 0 aliphatic carbocycles. The van der Waals surface area contributed by atoms with E-state index in [2.05, 4.69) is 34.4 Å². The number of fused-ring (bicyclic) bond motifs is 2. The zero-order chi connectivity index (χ0) is 23.5. The summed E-state index contributed by atoms with van der Waals surface area (Å²) in [5.41, 5.74) is 1.31. The molecule has 1 aliphatic rings. The van der Waals surface area contributed by atoms with Crippen molar-refractivity contribution in [2.75, 3.05) is 17.9 Å². The number of nitrogens with one attached hydrogen (secondary N) is 3. The van der Waals surface area contributed by atoms with E-state index < -0.39 is 11.9 Å². The number of H-pyrrole nitrogens is 1. The number of aryl methyl sites for hydroxylation is 1. The number of aromatic nitrogens is 2. The van der Waals surface area contributed by atoms with Gasteiger partial charge in [-0.3, -0.25) is 14.9 Å². The Bertz CT molecular complexity index is 1270. The van der Waals surface area contributed by atoms with Crippen LogP contribution in [0, 0.1) is 12.8 Å². The van der Waals surface area contributed by atoms with Crippen LogP contribution >= 0.6 is 23.1 Å². The Morgan fingerprint density at radius 2 is 2.09 bits per heavy atom. The Kier molecular flexibility index (Phi) is 6.89. The van der Waals surface area contributed by atoms with Crippen LogP contribution in [0.25, 0.3) is 10.2 Å². The highest BCUT2D eigenvalue weighted by Gasteiger charge is 2.18. The van der Waals surface area contributed by atoms with E-state index in [1.165, 1.54) is 11.3 Å². The summed E-state index contributed by atoms with van der Waals surface area (Å²) in [6.45, 7) is 6.43. The summed E-state index contributed by atoms with van der Waals surface area (Å²) < 4.78 is 10.5. The zero-order valence-electron chi connectivity index (χ0n) is 18.4. The van der Waals surface area contributed by atoms with E-state index in [0.717, 1.165) is 35.0 Å². The third kappa shape index (κ3) is 5.31. The summed E-state index contributed by atoms with van der Waals surface area (Å²) in [6.07, 6.45) is 1.87. The summed E-state index contributed by atoms with van der Waals surface area (Å²) in [7, 11) is 0. The molecule has 0 bridgehead atoms. The van der Waals surface area contributed by atoms with Gasteiger partial charge in [0.25, 0.3) is 5.56 Å². The summed E-state index contributed by atoms with van der Waals surface area (Å²) in [5.74, 6) is 1.01. The number of anilines is 1. The van der Waals surface area contributed by atoms with Gasteiger partial charge >= 0.3 is 6.03 Å². The standard InChI is InChI=1S/C22H24N4O5S2/c1-4-11(2)7-14-12(3)33-20-18(14)19(28)25-22(26-20)32-9-17(27)24-21(29)23-13-5-6-15-16(8-13)31-10-30-15/h5-6,8,11H,4,7,9-10H2,1-3H3,(H,25,26,28)(H2,23,24,27,29). The van der Waals surface area contributed by atoms with Crippen LogP contribution in [0.5, 0.6) is 11.5 Å². The number of carbonyl (C=O) groups is 2. The number of rotatable bonds is 7. The molecule has 11 heteroatoms. The highest BCUT2D eigenvalue weighted by molar-refractivity contribution is 7.99. The maximum absolute atomic E-state index is 12.7. The fourth-order valence-corrected chi connectivity index (χ4v) is 5.17. The van der Waals surface area contributed by atoms with Gasteiger partial charge in [0.2, 0.25) is 12.7 Å². The molecule has 3 heterocycles. The van der Waals surface area contributed by atoms with Crippen LogP contribution in [0.15, 0.2) is 28.2 Å². The van der Waals surface area contributed by atoms with E-state index in [-0.39, 0.29) is 18.1 Å². The van der Waals surface area contributed by atoms with Crippen molar-refractivity contribution in [2.24, 2.45) is 5.92 Å². The number of amides is 3. The Labute approximate surface area is 198 Å². The monoisotopic (exact) mass is 488 g/mol. The molecule has 1 aliphatic heterocycles. The summed E-state index contributed by atoms with van der Waals surface area (Å²) in [6, 6.07) is 4.27. The number of thioether (sulfide) groups is 1. The largest absolute Gasteiger partial charge is 0.454 e. The predicted octanol–water partition coefficient (Wildman–Crippen LogP) is 4.05.